The summed E-state index contributed by atoms with van der Waals surface area (Å²) in [5.74, 6) is 1.50. The SMILES string of the molecule is FC(F)(F)c1ccnc(N2CCN(c3nc4c5c([nH]nc5n3)CCN4Cc3ccccc3)CC2)n1. The van der Waals surface area contributed by atoms with E-state index in [9.17, 15) is 13.2 Å². The van der Waals surface area contributed by atoms with Gasteiger partial charge in [0.2, 0.25) is 11.9 Å². The number of piperazine rings is 1. The predicted molar refractivity (Wildman–Crippen MR) is 124 cm³/mol. The molecule has 0 atom stereocenters. The standard InChI is InChI=1S/C23H22F3N9/c24-23(25,26)17-6-8-27-21(28-17)33-10-12-34(13-11-33)22-29-19-18-16(31-32-19)7-9-35(20(18)30-22)14-15-4-2-1-3-5-15/h1-6,8H,7,9-14H2,(H,29,30,31,32). The van der Waals surface area contributed by atoms with E-state index in [0.717, 1.165) is 48.7 Å². The monoisotopic (exact) mass is 481 g/mol. The lowest BCUT2D eigenvalue weighted by Gasteiger charge is -2.35. The van der Waals surface area contributed by atoms with Crippen molar-refractivity contribution in [2.45, 2.75) is 19.1 Å². The minimum Gasteiger partial charge on any atom is -0.351 e. The van der Waals surface area contributed by atoms with Crippen molar-refractivity contribution < 1.29 is 13.2 Å². The maximum Gasteiger partial charge on any atom is 0.433 e. The highest BCUT2D eigenvalue weighted by molar-refractivity contribution is 5.91. The van der Waals surface area contributed by atoms with Crippen LogP contribution in [0.5, 0.6) is 0 Å². The fourth-order valence-corrected chi connectivity index (χ4v) is 4.58. The number of aromatic amines is 1. The number of nitrogens with one attached hydrogen (secondary N) is 1. The zero-order chi connectivity index (χ0) is 24.0. The molecule has 1 fully saturated rings. The van der Waals surface area contributed by atoms with E-state index in [4.69, 9.17) is 9.97 Å². The highest BCUT2D eigenvalue weighted by Crippen LogP contribution is 2.33. The van der Waals surface area contributed by atoms with Gasteiger partial charge in [-0.15, -0.1) is 0 Å². The number of anilines is 3. The van der Waals surface area contributed by atoms with E-state index < -0.39 is 11.9 Å². The van der Waals surface area contributed by atoms with Crippen LogP contribution in [0, 0.1) is 0 Å². The first-order valence-corrected chi connectivity index (χ1v) is 11.4. The number of alkyl halides is 3. The molecule has 0 amide bonds. The summed E-state index contributed by atoms with van der Waals surface area (Å²) < 4.78 is 39.1. The Labute approximate surface area is 198 Å². The summed E-state index contributed by atoms with van der Waals surface area (Å²) >= 11 is 0. The van der Waals surface area contributed by atoms with Crippen LogP contribution in [0.1, 0.15) is 17.0 Å². The third-order valence-corrected chi connectivity index (χ3v) is 6.38. The molecule has 1 aromatic carbocycles. The summed E-state index contributed by atoms with van der Waals surface area (Å²) in [5, 5.41) is 8.47. The molecule has 3 aromatic heterocycles. The number of H-pyrrole nitrogens is 1. The molecule has 0 spiro atoms. The smallest absolute Gasteiger partial charge is 0.351 e. The van der Waals surface area contributed by atoms with Crippen LogP contribution in [0.25, 0.3) is 11.0 Å². The number of hydrogen-bond donors (Lipinski definition) is 1. The van der Waals surface area contributed by atoms with Crippen molar-refractivity contribution in [3.8, 4) is 0 Å². The van der Waals surface area contributed by atoms with Crippen molar-refractivity contribution in [2.75, 3.05) is 47.4 Å². The molecule has 35 heavy (non-hydrogen) atoms. The molecule has 1 N–H and O–H groups in total. The van der Waals surface area contributed by atoms with E-state index in [-0.39, 0.29) is 5.95 Å². The Morgan fingerprint density at radius 1 is 0.857 bits per heavy atom. The summed E-state index contributed by atoms with van der Waals surface area (Å²) in [7, 11) is 0. The van der Waals surface area contributed by atoms with Crippen molar-refractivity contribution >= 4 is 28.7 Å². The second kappa shape index (κ2) is 8.36. The Balaban J connectivity index is 1.24. The van der Waals surface area contributed by atoms with Gasteiger partial charge in [0.05, 0.1) is 11.1 Å². The Bertz CT molecular complexity index is 1350. The maximum atomic E-state index is 13.0. The number of nitrogens with zero attached hydrogens (tertiary/aromatic N) is 8. The van der Waals surface area contributed by atoms with E-state index in [1.807, 2.05) is 23.1 Å². The molecular weight excluding hydrogens is 459 g/mol. The summed E-state index contributed by atoms with van der Waals surface area (Å²) in [4.78, 5) is 23.4. The van der Waals surface area contributed by atoms with Gasteiger partial charge in [-0.05, 0) is 11.6 Å². The number of aromatic nitrogens is 6. The van der Waals surface area contributed by atoms with Gasteiger partial charge in [-0.1, -0.05) is 30.3 Å². The quantitative estimate of drug-likeness (QED) is 0.476. The van der Waals surface area contributed by atoms with Crippen LogP contribution in [0.2, 0.25) is 0 Å². The van der Waals surface area contributed by atoms with Crippen LogP contribution >= 0.6 is 0 Å². The van der Waals surface area contributed by atoms with Gasteiger partial charge in [-0.25, -0.2) is 9.97 Å². The first kappa shape index (κ1) is 21.6. The first-order chi connectivity index (χ1) is 17.0. The maximum absolute atomic E-state index is 13.0. The molecule has 2 aliphatic rings. The van der Waals surface area contributed by atoms with Gasteiger partial charge in [-0.3, -0.25) is 5.10 Å². The van der Waals surface area contributed by atoms with Crippen LogP contribution in [-0.4, -0.2) is 62.9 Å². The first-order valence-electron chi connectivity index (χ1n) is 11.4. The molecule has 1 saturated heterocycles. The van der Waals surface area contributed by atoms with E-state index >= 15 is 0 Å². The average Bonchev–Trinajstić information content (AvgIpc) is 3.30. The molecule has 5 heterocycles. The van der Waals surface area contributed by atoms with Crippen LogP contribution in [0.15, 0.2) is 42.6 Å². The Kier molecular flexibility index (Phi) is 5.15. The lowest BCUT2D eigenvalue weighted by Crippen LogP contribution is -2.48. The van der Waals surface area contributed by atoms with Crippen molar-refractivity contribution in [1.29, 1.82) is 0 Å². The number of benzene rings is 1. The Morgan fingerprint density at radius 3 is 2.34 bits per heavy atom. The minimum atomic E-state index is -4.50. The zero-order valence-electron chi connectivity index (χ0n) is 18.7. The van der Waals surface area contributed by atoms with E-state index in [0.29, 0.717) is 37.8 Å². The highest BCUT2D eigenvalue weighted by Gasteiger charge is 2.34. The predicted octanol–water partition coefficient (Wildman–Crippen LogP) is 3.05. The molecule has 9 nitrogen and oxygen atoms in total. The third kappa shape index (κ3) is 4.08. The fourth-order valence-electron chi connectivity index (χ4n) is 4.58. The van der Waals surface area contributed by atoms with Gasteiger partial charge < -0.3 is 14.7 Å². The normalized spacial score (nSPS) is 16.3. The molecule has 0 aliphatic carbocycles. The Hall–Kier alpha value is -3.96. The molecule has 12 heteroatoms. The van der Waals surface area contributed by atoms with E-state index in [2.05, 4.69) is 37.2 Å². The van der Waals surface area contributed by atoms with Crippen molar-refractivity contribution in [3.05, 3.63) is 59.5 Å². The third-order valence-electron chi connectivity index (χ3n) is 6.38. The summed E-state index contributed by atoms with van der Waals surface area (Å²) in [6.45, 7) is 3.52. The summed E-state index contributed by atoms with van der Waals surface area (Å²) in [6, 6.07) is 11.1. The molecule has 6 rings (SSSR count). The zero-order valence-corrected chi connectivity index (χ0v) is 18.7. The van der Waals surface area contributed by atoms with Gasteiger partial charge >= 0.3 is 6.18 Å². The van der Waals surface area contributed by atoms with E-state index in [1.165, 1.54) is 5.56 Å². The largest absolute Gasteiger partial charge is 0.433 e. The molecule has 0 radical (unpaired) electrons. The molecule has 2 aliphatic heterocycles. The van der Waals surface area contributed by atoms with Crippen molar-refractivity contribution in [2.24, 2.45) is 0 Å². The van der Waals surface area contributed by atoms with Gasteiger partial charge in [-0.2, -0.15) is 28.2 Å². The Morgan fingerprint density at radius 2 is 1.60 bits per heavy atom. The second-order valence-corrected chi connectivity index (χ2v) is 8.62. The highest BCUT2D eigenvalue weighted by atomic mass is 19.4. The average molecular weight is 481 g/mol. The molecule has 4 aromatic rings. The lowest BCUT2D eigenvalue weighted by atomic mass is 10.1. The van der Waals surface area contributed by atoms with Crippen LogP contribution in [-0.2, 0) is 19.1 Å². The van der Waals surface area contributed by atoms with Gasteiger partial charge in [0.25, 0.3) is 0 Å². The van der Waals surface area contributed by atoms with Gasteiger partial charge in [0, 0.05) is 51.9 Å². The van der Waals surface area contributed by atoms with Gasteiger partial charge in [0.1, 0.15) is 11.5 Å². The molecule has 0 unspecified atom stereocenters. The minimum absolute atomic E-state index is 0.0805. The summed E-state index contributed by atoms with van der Waals surface area (Å²) in [5.41, 5.74) is 1.92. The molecule has 180 valence electrons. The number of hydrogen-bond acceptors (Lipinski definition) is 8. The molecule has 0 saturated carbocycles. The van der Waals surface area contributed by atoms with Gasteiger partial charge in [0.15, 0.2) is 5.65 Å². The van der Waals surface area contributed by atoms with Crippen molar-refractivity contribution in [1.82, 2.24) is 30.1 Å². The number of halogens is 3. The van der Waals surface area contributed by atoms with Crippen LogP contribution in [0.3, 0.4) is 0 Å². The molecular formula is C23H22F3N9. The topological polar surface area (TPSA) is 90.0 Å². The second-order valence-electron chi connectivity index (χ2n) is 8.62. The van der Waals surface area contributed by atoms with Crippen LogP contribution < -0.4 is 14.7 Å². The lowest BCUT2D eigenvalue weighted by molar-refractivity contribution is -0.141. The summed E-state index contributed by atoms with van der Waals surface area (Å²) in [6.07, 6.45) is -2.51. The van der Waals surface area contributed by atoms with Crippen LogP contribution in [0.4, 0.5) is 30.9 Å². The van der Waals surface area contributed by atoms with E-state index in [1.54, 1.807) is 4.90 Å². The fraction of sp³-hybridized carbons (Fsp3) is 0.348. The van der Waals surface area contributed by atoms with Crippen molar-refractivity contribution in [3.63, 3.8) is 0 Å². The number of rotatable bonds is 4. The molecule has 0 bridgehead atoms.